The molecule has 0 saturated heterocycles. The van der Waals surface area contributed by atoms with Gasteiger partial charge in [0.2, 0.25) is 0 Å². The van der Waals surface area contributed by atoms with Gasteiger partial charge in [-0.05, 0) is 48.8 Å². The van der Waals surface area contributed by atoms with Crippen LogP contribution in [-0.4, -0.2) is 6.54 Å². The van der Waals surface area contributed by atoms with E-state index in [2.05, 4.69) is 57.3 Å². The van der Waals surface area contributed by atoms with E-state index in [0.717, 1.165) is 18.4 Å². The summed E-state index contributed by atoms with van der Waals surface area (Å²) in [6.07, 6.45) is 7.12. The van der Waals surface area contributed by atoms with Crippen LogP contribution >= 0.6 is 0 Å². The van der Waals surface area contributed by atoms with Gasteiger partial charge in [0, 0.05) is 6.04 Å². The highest BCUT2D eigenvalue weighted by molar-refractivity contribution is 5.26. The summed E-state index contributed by atoms with van der Waals surface area (Å²) in [5.74, 6) is 2.55. The van der Waals surface area contributed by atoms with Crippen LogP contribution in [0.4, 0.5) is 0 Å². The van der Waals surface area contributed by atoms with E-state index >= 15 is 0 Å². The molecular formula is C20H33N. The Balaban J connectivity index is 1.72. The third-order valence-electron chi connectivity index (χ3n) is 5.24. The second-order valence-electron chi connectivity index (χ2n) is 7.41. The predicted octanol–water partition coefficient (Wildman–Crippen LogP) is 5.68. The fraction of sp³-hybridized carbons (Fsp3) is 0.700. The Bertz CT molecular complexity index is 398. The van der Waals surface area contributed by atoms with Crippen LogP contribution in [0.3, 0.4) is 0 Å². The van der Waals surface area contributed by atoms with Crippen molar-refractivity contribution in [1.82, 2.24) is 5.32 Å². The molecule has 1 aliphatic rings. The van der Waals surface area contributed by atoms with Gasteiger partial charge >= 0.3 is 0 Å². The molecule has 21 heavy (non-hydrogen) atoms. The molecule has 1 unspecified atom stereocenters. The first-order valence-corrected chi connectivity index (χ1v) is 8.89. The van der Waals surface area contributed by atoms with Crippen LogP contribution in [0.1, 0.15) is 82.9 Å². The molecule has 1 N–H and O–H groups in total. The molecule has 0 spiro atoms. The van der Waals surface area contributed by atoms with Gasteiger partial charge in [0.1, 0.15) is 0 Å². The van der Waals surface area contributed by atoms with E-state index in [1.807, 2.05) is 0 Å². The maximum Gasteiger partial charge on any atom is 0.0291 e. The summed E-state index contributed by atoms with van der Waals surface area (Å²) in [6, 6.07) is 9.60. The molecule has 1 nitrogen and oxygen atoms in total. The lowest BCUT2D eigenvalue weighted by Gasteiger charge is -2.26. The van der Waals surface area contributed by atoms with Gasteiger partial charge in [-0.15, -0.1) is 0 Å². The Morgan fingerprint density at radius 3 is 2.10 bits per heavy atom. The lowest BCUT2D eigenvalue weighted by atomic mass is 9.81. The average molecular weight is 287 g/mol. The zero-order valence-electron chi connectivity index (χ0n) is 14.4. The van der Waals surface area contributed by atoms with Crippen LogP contribution in [0.25, 0.3) is 0 Å². The summed E-state index contributed by atoms with van der Waals surface area (Å²) in [7, 11) is 0. The molecular weight excluding hydrogens is 254 g/mol. The second-order valence-corrected chi connectivity index (χ2v) is 7.41. The lowest BCUT2D eigenvalue weighted by Crippen LogP contribution is -2.23. The molecule has 118 valence electrons. The Kier molecular flexibility index (Phi) is 6.29. The van der Waals surface area contributed by atoms with Crippen molar-refractivity contribution in [3.63, 3.8) is 0 Å². The smallest absolute Gasteiger partial charge is 0.0291 e. The highest BCUT2D eigenvalue weighted by Crippen LogP contribution is 2.30. The van der Waals surface area contributed by atoms with Crippen molar-refractivity contribution in [3.05, 3.63) is 35.4 Å². The topological polar surface area (TPSA) is 12.0 Å². The van der Waals surface area contributed by atoms with Gasteiger partial charge in [-0.2, -0.15) is 0 Å². The van der Waals surface area contributed by atoms with Gasteiger partial charge in [-0.25, -0.2) is 0 Å². The lowest BCUT2D eigenvalue weighted by molar-refractivity contribution is 0.273. The third kappa shape index (κ3) is 5.14. The van der Waals surface area contributed by atoms with Crippen molar-refractivity contribution >= 4 is 0 Å². The number of rotatable bonds is 6. The predicted molar refractivity (Wildman–Crippen MR) is 92.7 cm³/mol. The van der Waals surface area contributed by atoms with Crippen molar-refractivity contribution in [3.8, 4) is 0 Å². The first kappa shape index (κ1) is 16.5. The van der Waals surface area contributed by atoms with Crippen molar-refractivity contribution < 1.29 is 0 Å². The third-order valence-corrected chi connectivity index (χ3v) is 5.24. The molecule has 1 aromatic carbocycles. The molecule has 1 atom stereocenters. The van der Waals surface area contributed by atoms with Gasteiger partial charge in [0.05, 0.1) is 0 Å². The maximum absolute atomic E-state index is 3.71. The molecule has 1 saturated carbocycles. The summed E-state index contributed by atoms with van der Waals surface area (Å²) >= 11 is 0. The van der Waals surface area contributed by atoms with Crippen LogP contribution in [0.15, 0.2) is 24.3 Å². The number of hydrogen-bond donors (Lipinski definition) is 1. The number of hydrogen-bond acceptors (Lipinski definition) is 1. The van der Waals surface area contributed by atoms with Crippen LogP contribution in [0.5, 0.6) is 0 Å². The van der Waals surface area contributed by atoms with Crippen LogP contribution in [0, 0.1) is 11.8 Å². The minimum absolute atomic E-state index is 0.466. The van der Waals surface area contributed by atoms with Crippen LogP contribution in [0.2, 0.25) is 0 Å². The normalized spacial score (nSPS) is 24.2. The fourth-order valence-corrected chi connectivity index (χ4v) is 3.41. The molecule has 0 radical (unpaired) electrons. The molecule has 1 aromatic rings. The molecule has 1 fully saturated rings. The summed E-state index contributed by atoms with van der Waals surface area (Å²) < 4.78 is 0. The Morgan fingerprint density at radius 1 is 0.952 bits per heavy atom. The van der Waals surface area contributed by atoms with E-state index in [-0.39, 0.29) is 0 Å². The molecule has 0 heterocycles. The number of benzene rings is 1. The van der Waals surface area contributed by atoms with E-state index < -0.39 is 0 Å². The van der Waals surface area contributed by atoms with E-state index in [4.69, 9.17) is 0 Å². The van der Waals surface area contributed by atoms with Crippen molar-refractivity contribution in [2.24, 2.45) is 11.8 Å². The van der Waals surface area contributed by atoms with Crippen molar-refractivity contribution in [2.75, 3.05) is 6.54 Å². The zero-order valence-corrected chi connectivity index (χ0v) is 14.4. The SMILES string of the molecule is CC1CCC(CCNC(C)c2ccc(C(C)C)cc2)CC1. The monoisotopic (exact) mass is 287 g/mol. The van der Waals surface area contributed by atoms with Crippen LogP contribution < -0.4 is 5.32 Å². The molecule has 0 aliphatic heterocycles. The van der Waals surface area contributed by atoms with E-state index in [1.165, 1.54) is 43.2 Å². The molecule has 1 heteroatoms. The van der Waals surface area contributed by atoms with Gasteiger partial charge in [0.25, 0.3) is 0 Å². The molecule has 0 aromatic heterocycles. The first-order valence-electron chi connectivity index (χ1n) is 8.89. The fourth-order valence-electron chi connectivity index (χ4n) is 3.41. The van der Waals surface area contributed by atoms with Gasteiger partial charge in [-0.3, -0.25) is 0 Å². The van der Waals surface area contributed by atoms with E-state index in [1.54, 1.807) is 0 Å². The first-order chi connectivity index (χ1) is 10.1. The molecule has 2 rings (SSSR count). The van der Waals surface area contributed by atoms with Crippen molar-refractivity contribution in [1.29, 1.82) is 0 Å². The van der Waals surface area contributed by atoms with E-state index in [0.29, 0.717) is 12.0 Å². The highest BCUT2D eigenvalue weighted by Gasteiger charge is 2.17. The van der Waals surface area contributed by atoms with Crippen LogP contribution in [-0.2, 0) is 0 Å². The summed E-state index contributed by atoms with van der Waals surface area (Å²) in [5, 5.41) is 3.71. The Labute approximate surface area is 131 Å². The Hall–Kier alpha value is -0.820. The standard InChI is InChI=1S/C20H33N/c1-15(2)19-9-11-20(12-10-19)17(4)21-14-13-18-7-5-16(3)6-8-18/h9-12,15-18,21H,5-8,13-14H2,1-4H3. The van der Waals surface area contributed by atoms with E-state index in [9.17, 15) is 0 Å². The maximum atomic E-state index is 3.71. The summed E-state index contributed by atoms with van der Waals surface area (Å²) in [6.45, 7) is 10.3. The Morgan fingerprint density at radius 2 is 1.52 bits per heavy atom. The minimum Gasteiger partial charge on any atom is -0.310 e. The zero-order chi connectivity index (χ0) is 15.2. The number of nitrogens with one attached hydrogen (secondary N) is 1. The summed E-state index contributed by atoms with van der Waals surface area (Å²) in [5.41, 5.74) is 2.85. The van der Waals surface area contributed by atoms with Crippen molar-refractivity contribution in [2.45, 2.75) is 71.8 Å². The average Bonchev–Trinajstić information content (AvgIpc) is 2.49. The van der Waals surface area contributed by atoms with Gasteiger partial charge in [-0.1, -0.05) is 70.7 Å². The highest BCUT2D eigenvalue weighted by atomic mass is 14.9. The molecule has 0 bridgehead atoms. The summed E-state index contributed by atoms with van der Waals surface area (Å²) in [4.78, 5) is 0. The quantitative estimate of drug-likeness (QED) is 0.710. The van der Waals surface area contributed by atoms with Gasteiger partial charge < -0.3 is 5.32 Å². The second kappa shape index (κ2) is 7.98. The molecule has 0 amide bonds. The molecule has 1 aliphatic carbocycles. The largest absolute Gasteiger partial charge is 0.310 e. The van der Waals surface area contributed by atoms with Gasteiger partial charge in [0.15, 0.2) is 0 Å². The minimum atomic E-state index is 0.466.